The lowest BCUT2D eigenvalue weighted by Gasteiger charge is -2.33. The van der Waals surface area contributed by atoms with Crippen LogP contribution in [-0.2, 0) is 22.5 Å². The number of benzene rings is 1. The van der Waals surface area contributed by atoms with Crippen molar-refractivity contribution in [1.82, 2.24) is 19.7 Å². The minimum atomic E-state index is -0.374. The van der Waals surface area contributed by atoms with Crippen LogP contribution in [0, 0.1) is 19.7 Å². The summed E-state index contributed by atoms with van der Waals surface area (Å²) in [7, 11) is 0. The topological polar surface area (TPSA) is 77.3 Å². The van der Waals surface area contributed by atoms with Crippen LogP contribution in [0.3, 0.4) is 0 Å². The highest BCUT2D eigenvalue weighted by Crippen LogP contribution is 2.23. The SMILES string of the molecule is Cc1cc(Cc2cccc(F)c2)cc(C2CN(C(=O)Cn3nc(C)ccc3=O)CCO2)n1. The number of hydrogen-bond acceptors (Lipinski definition) is 5. The van der Waals surface area contributed by atoms with Gasteiger partial charge >= 0.3 is 0 Å². The van der Waals surface area contributed by atoms with Crippen molar-refractivity contribution in [2.24, 2.45) is 0 Å². The summed E-state index contributed by atoms with van der Waals surface area (Å²) in [5, 5.41) is 4.14. The van der Waals surface area contributed by atoms with Crippen LogP contribution in [0.2, 0.25) is 0 Å². The molecular formula is C24H25FN4O3. The normalized spacial score (nSPS) is 16.2. The van der Waals surface area contributed by atoms with E-state index in [1.54, 1.807) is 24.0 Å². The van der Waals surface area contributed by atoms with Crippen molar-refractivity contribution in [3.05, 3.63) is 92.9 Å². The molecule has 1 aliphatic heterocycles. The van der Waals surface area contributed by atoms with E-state index in [2.05, 4.69) is 10.1 Å². The fourth-order valence-electron chi connectivity index (χ4n) is 3.86. The van der Waals surface area contributed by atoms with E-state index in [9.17, 15) is 14.0 Å². The molecule has 7 nitrogen and oxygen atoms in total. The van der Waals surface area contributed by atoms with Crippen molar-refractivity contribution in [2.45, 2.75) is 32.9 Å². The maximum Gasteiger partial charge on any atom is 0.267 e. The molecule has 3 aromatic rings. The lowest BCUT2D eigenvalue weighted by Crippen LogP contribution is -2.45. The number of aromatic nitrogens is 3. The molecule has 1 amide bonds. The van der Waals surface area contributed by atoms with Crippen LogP contribution in [0.5, 0.6) is 0 Å². The lowest BCUT2D eigenvalue weighted by atomic mass is 10.0. The van der Waals surface area contributed by atoms with Crippen molar-refractivity contribution in [2.75, 3.05) is 19.7 Å². The predicted molar refractivity (Wildman–Crippen MR) is 117 cm³/mol. The summed E-state index contributed by atoms with van der Waals surface area (Å²) in [6, 6.07) is 13.5. The first-order valence-corrected chi connectivity index (χ1v) is 10.5. The molecule has 1 unspecified atom stereocenters. The molecule has 1 fully saturated rings. The molecule has 0 saturated carbocycles. The summed E-state index contributed by atoms with van der Waals surface area (Å²) >= 11 is 0. The van der Waals surface area contributed by atoms with Gasteiger partial charge in [0.25, 0.3) is 5.56 Å². The maximum atomic E-state index is 13.5. The predicted octanol–water partition coefficient (Wildman–Crippen LogP) is 2.59. The van der Waals surface area contributed by atoms with Crippen molar-refractivity contribution in [1.29, 1.82) is 0 Å². The van der Waals surface area contributed by atoms with Gasteiger partial charge in [-0.3, -0.25) is 14.6 Å². The number of carbonyl (C=O) groups is 1. The summed E-state index contributed by atoms with van der Waals surface area (Å²) in [6.07, 6.45) is 0.201. The first-order valence-electron chi connectivity index (χ1n) is 10.5. The Labute approximate surface area is 185 Å². The van der Waals surface area contributed by atoms with Gasteiger partial charge in [0.1, 0.15) is 18.5 Å². The number of pyridine rings is 1. The van der Waals surface area contributed by atoms with E-state index in [-0.39, 0.29) is 29.9 Å². The highest BCUT2D eigenvalue weighted by molar-refractivity contribution is 5.76. The molecule has 0 spiro atoms. The molecule has 166 valence electrons. The van der Waals surface area contributed by atoms with E-state index in [1.165, 1.54) is 22.9 Å². The molecule has 0 radical (unpaired) electrons. The first-order chi connectivity index (χ1) is 15.4. The quantitative estimate of drug-likeness (QED) is 0.615. The number of aryl methyl sites for hydroxylation is 2. The number of nitrogens with zero attached hydrogens (tertiary/aromatic N) is 4. The smallest absolute Gasteiger partial charge is 0.267 e. The maximum absolute atomic E-state index is 13.5. The van der Waals surface area contributed by atoms with E-state index < -0.39 is 0 Å². The van der Waals surface area contributed by atoms with E-state index in [0.717, 1.165) is 22.5 Å². The first kappa shape index (κ1) is 21.8. The minimum Gasteiger partial charge on any atom is -0.368 e. The average molecular weight is 436 g/mol. The molecule has 0 N–H and O–H groups in total. The number of amides is 1. The fourth-order valence-corrected chi connectivity index (χ4v) is 3.86. The third-order valence-electron chi connectivity index (χ3n) is 5.36. The van der Waals surface area contributed by atoms with Crippen LogP contribution in [-0.4, -0.2) is 45.3 Å². The molecule has 2 aromatic heterocycles. The molecule has 1 aromatic carbocycles. The second-order valence-electron chi connectivity index (χ2n) is 8.02. The minimum absolute atomic E-state index is 0.112. The third kappa shape index (κ3) is 5.26. The molecule has 32 heavy (non-hydrogen) atoms. The molecule has 1 atom stereocenters. The largest absolute Gasteiger partial charge is 0.368 e. The summed E-state index contributed by atoms with van der Waals surface area (Å²) in [5.74, 6) is -0.452. The van der Waals surface area contributed by atoms with Gasteiger partial charge in [0, 0.05) is 18.3 Å². The van der Waals surface area contributed by atoms with Crippen molar-refractivity contribution in [3.8, 4) is 0 Å². The molecule has 8 heteroatoms. The summed E-state index contributed by atoms with van der Waals surface area (Å²) in [5.41, 5.74) is 3.80. The van der Waals surface area contributed by atoms with Gasteiger partial charge in [-0.05, 0) is 61.7 Å². The summed E-state index contributed by atoms with van der Waals surface area (Å²) in [6.45, 7) is 4.73. The lowest BCUT2D eigenvalue weighted by molar-refractivity contribution is -0.140. The monoisotopic (exact) mass is 436 g/mol. The molecular weight excluding hydrogens is 411 g/mol. The Bertz CT molecular complexity index is 1190. The van der Waals surface area contributed by atoms with Crippen molar-refractivity contribution < 1.29 is 13.9 Å². The third-order valence-corrected chi connectivity index (χ3v) is 5.36. The van der Waals surface area contributed by atoms with Crippen molar-refractivity contribution >= 4 is 5.91 Å². The molecule has 1 aliphatic rings. The van der Waals surface area contributed by atoms with Crippen LogP contribution in [0.25, 0.3) is 0 Å². The Morgan fingerprint density at radius 1 is 1.12 bits per heavy atom. The van der Waals surface area contributed by atoms with E-state index in [4.69, 9.17) is 4.74 Å². The Kier molecular flexibility index (Phi) is 6.41. The van der Waals surface area contributed by atoms with Crippen LogP contribution in [0.15, 0.2) is 53.3 Å². The second-order valence-corrected chi connectivity index (χ2v) is 8.02. The number of ether oxygens (including phenoxy) is 1. The molecule has 0 aliphatic carbocycles. The van der Waals surface area contributed by atoms with E-state index >= 15 is 0 Å². The van der Waals surface area contributed by atoms with Crippen LogP contribution in [0.4, 0.5) is 4.39 Å². The van der Waals surface area contributed by atoms with Gasteiger partial charge in [-0.25, -0.2) is 9.07 Å². The Morgan fingerprint density at radius 2 is 1.97 bits per heavy atom. The number of carbonyl (C=O) groups excluding carboxylic acids is 1. The van der Waals surface area contributed by atoms with Gasteiger partial charge < -0.3 is 9.64 Å². The van der Waals surface area contributed by atoms with E-state index in [0.29, 0.717) is 31.8 Å². The van der Waals surface area contributed by atoms with Gasteiger partial charge in [-0.1, -0.05) is 12.1 Å². The fraction of sp³-hybridized carbons (Fsp3) is 0.333. The number of rotatable bonds is 5. The highest BCUT2D eigenvalue weighted by atomic mass is 19.1. The molecule has 1 saturated heterocycles. The number of hydrogen-bond donors (Lipinski definition) is 0. The van der Waals surface area contributed by atoms with Gasteiger partial charge in [0.15, 0.2) is 0 Å². The average Bonchev–Trinajstić information content (AvgIpc) is 2.76. The zero-order chi connectivity index (χ0) is 22.7. The van der Waals surface area contributed by atoms with Crippen molar-refractivity contribution in [3.63, 3.8) is 0 Å². The van der Waals surface area contributed by atoms with Gasteiger partial charge in [-0.15, -0.1) is 0 Å². The Hall–Kier alpha value is -3.39. The van der Waals surface area contributed by atoms with Crippen LogP contribution < -0.4 is 5.56 Å². The molecule has 0 bridgehead atoms. The molecule has 4 rings (SSSR count). The zero-order valence-electron chi connectivity index (χ0n) is 18.1. The van der Waals surface area contributed by atoms with Crippen LogP contribution >= 0.6 is 0 Å². The van der Waals surface area contributed by atoms with Crippen LogP contribution in [0.1, 0.15) is 34.3 Å². The number of morpholine rings is 1. The standard InChI is InChI=1S/C24H25FN4O3/c1-16-6-7-23(30)29(27-16)15-24(31)28-8-9-32-22(14-28)21-13-19(10-17(2)26-21)11-18-4-3-5-20(25)12-18/h3-7,10,12-13,22H,8-9,11,14-15H2,1-2H3. The van der Waals surface area contributed by atoms with Gasteiger partial charge in [0.05, 0.1) is 24.5 Å². The zero-order valence-corrected chi connectivity index (χ0v) is 18.1. The second kappa shape index (κ2) is 9.40. The Morgan fingerprint density at radius 3 is 2.78 bits per heavy atom. The van der Waals surface area contributed by atoms with Gasteiger partial charge in [0.2, 0.25) is 5.91 Å². The summed E-state index contributed by atoms with van der Waals surface area (Å²) in [4.78, 5) is 31.1. The highest BCUT2D eigenvalue weighted by Gasteiger charge is 2.27. The molecule has 3 heterocycles. The Balaban J connectivity index is 1.49. The summed E-state index contributed by atoms with van der Waals surface area (Å²) < 4.78 is 20.6. The number of halogens is 1. The van der Waals surface area contributed by atoms with E-state index in [1.807, 2.05) is 25.1 Å². The van der Waals surface area contributed by atoms with Gasteiger partial charge in [-0.2, -0.15) is 5.10 Å².